The van der Waals surface area contributed by atoms with Crippen molar-refractivity contribution in [1.29, 1.82) is 0 Å². The lowest BCUT2D eigenvalue weighted by atomic mass is 9.67. The number of benzene rings is 2. The highest BCUT2D eigenvalue weighted by atomic mass is 19.1. The molecule has 2 saturated heterocycles. The lowest BCUT2D eigenvalue weighted by Crippen LogP contribution is -2.54. The Hall–Kier alpha value is -3.22. The number of para-hydroxylation sites is 1. The van der Waals surface area contributed by atoms with Crippen LogP contribution < -0.4 is 15.5 Å². The smallest absolute Gasteiger partial charge is 0.227 e. The second-order valence-corrected chi connectivity index (χ2v) is 9.50. The monoisotopic (exact) mass is 449 g/mol. The van der Waals surface area contributed by atoms with Gasteiger partial charge >= 0.3 is 0 Å². The number of halogens is 1. The highest BCUT2D eigenvalue weighted by Gasteiger charge is 2.48. The van der Waals surface area contributed by atoms with Gasteiger partial charge in [0.25, 0.3) is 0 Å². The van der Waals surface area contributed by atoms with Crippen molar-refractivity contribution in [2.75, 3.05) is 11.4 Å². The first-order valence-electron chi connectivity index (χ1n) is 11.7. The zero-order valence-electron chi connectivity index (χ0n) is 18.4. The summed E-state index contributed by atoms with van der Waals surface area (Å²) in [5.74, 6) is -1.16. The second-order valence-electron chi connectivity index (χ2n) is 9.50. The summed E-state index contributed by atoms with van der Waals surface area (Å²) >= 11 is 0. The van der Waals surface area contributed by atoms with Gasteiger partial charge in [-0.05, 0) is 43.4 Å². The largest absolute Gasteiger partial charge is 0.353 e. The van der Waals surface area contributed by atoms with Crippen molar-refractivity contribution in [3.8, 4) is 0 Å². The molecule has 172 valence electrons. The maximum atomic E-state index is 14.2. The molecule has 1 aliphatic carbocycles. The van der Waals surface area contributed by atoms with Gasteiger partial charge in [0.15, 0.2) is 0 Å². The Morgan fingerprint density at radius 1 is 1.06 bits per heavy atom. The SMILES string of the molecule is O=C1CC[C@]2(CC[C@H](NC(=O)C3CC(=O)N(c4ccccc4F)C3)C[C@@H]2c2ccccc2)N1. The average Bonchev–Trinajstić information content (AvgIpc) is 3.39. The Morgan fingerprint density at radius 2 is 1.82 bits per heavy atom. The zero-order chi connectivity index (χ0) is 23.0. The molecule has 3 amide bonds. The maximum Gasteiger partial charge on any atom is 0.227 e. The van der Waals surface area contributed by atoms with E-state index >= 15 is 0 Å². The molecule has 0 radical (unpaired) electrons. The molecule has 0 aromatic heterocycles. The molecule has 0 bridgehead atoms. The van der Waals surface area contributed by atoms with Crippen molar-refractivity contribution in [1.82, 2.24) is 10.6 Å². The van der Waals surface area contributed by atoms with Crippen LogP contribution in [0.4, 0.5) is 10.1 Å². The van der Waals surface area contributed by atoms with E-state index in [2.05, 4.69) is 22.8 Å². The van der Waals surface area contributed by atoms with Crippen LogP contribution in [0.25, 0.3) is 0 Å². The first-order valence-corrected chi connectivity index (χ1v) is 11.7. The molecule has 2 aromatic rings. The summed E-state index contributed by atoms with van der Waals surface area (Å²) in [6, 6.07) is 16.3. The summed E-state index contributed by atoms with van der Waals surface area (Å²) in [6.07, 6.45) is 3.72. The third kappa shape index (κ3) is 4.12. The van der Waals surface area contributed by atoms with Crippen LogP contribution in [-0.4, -0.2) is 35.8 Å². The number of anilines is 1. The molecule has 33 heavy (non-hydrogen) atoms. The molecular formula is C26H28FN3O3. The van der Waals surface area contributed by atoms with E-state index < -0.39 is 11.7 Å². The minimum absolute atomic E-state index is 0.0385. The van der Waals surface area contributed by atoms with E-state index in [1.807, 2.05) is 18.2 Å². The topological polar surface area (TPSA) is 78.5 Å². The fraction of sp³-hybridized carbons (Fsp3) is 0.423. The van der Waals surface area contributed by atoms with Crippen molar-refractivity contribution < 1.29 is 18.8 Å². The Balaban J connectivity index is 1.28. The summed E-state index contributed by atoms with van der Waals surface area (Å²) in [5, 5.41) is 6.40. The van der Waals surface area contributed by atoms with E-state index in [0.717, 1.165) is 25.7 Å². The number of hydrogen-bond donors (Lipinski definition) is 2. The first-order chi connectivity index (χ1) is 15.9. The van der Waals surface area contributed by atoms with E-state index in [9.17, 15) is 18.8 Å². The van der Waals surface area contributed by atoms with E-state index in [0.29, 0.717) is 6.42 Å². The lowest BCUT2D eigenvalue weighted by molar-refractivity contribution is -0.127. The summed E-state index contributed by atoms with van der Waals surface area (Å²) in [6.45, 7) is 0.181. The van der Waals surface area contributed by atoms with Crippen molar-refractivity contribution in [2.45, 2.75) is 56.0 Å². The van der Waals surface area contributed by atoms with Crippen LogP contribution in [0.15, 0.2) is 54.6 Å². The van der Waals surface area contributed by atoms with Gasteiger partial charge in [0.1, 0.15) is 5.82 Å². The van der Waals surface area contributed by atoms with Crippen LogP contribution in [0.3, 0.4) is 0 Å². The molecule has 2 heterocycles. The second kappa shape index (κ2) is 8.61. The van der Waals surface area contributed by atoms with Gasteiger partial charge in [0.2, 0.25) is 17.7 Å². The highest BCUT2D eigenvalue weighted by Crippen LogP contribution is 2.46. The van der Waals surface area contributed by atoms with Crippen molar-refractivity contribution >= 4 is 23.4 Å². The van der Waals surface area contributed by atoms with E-state index in [4.69, 9.17) is 0 Å². The molecule has 3 aliphatic rings. The van der Waals surface area contributed by atoms with Gasteiger partial charge in [-0.15, -0.1) is 0 Å². The van der Waals surface area contributed by atoms with Gasteiger partial charge in [-0.25, -0.2) is 4.39 Å². The quantitative estimate of drug-likeness (QED) is 0.752. The standard InChI is InChI=1S/C26H28FN3O3/c27-21-8-4-5-9-22(21)30-16-18(14-24(30)32)25(33)28-19-10-12-26(13-11-23(31)29-26)20(15-19)17-6-2-1-3-7-17/h1-9,18-20H,10-16H2,(H,28,33)(H,29,31)/t18?,19-,20+,26-/m0/s1. The van der Waals surface area contributed by atoms with Crippen LogP contribution in [0.5, 0.6) is 0 Å². The molecular weight excluding hydrogens is 421 g/mol. The molecule has 4 atom stereocenters. The Labute approximate surface area is 192 Å². The number of carbonyl (C=O) groups is 3. The number of nitrogens with one attached hydrogen (secondary N) is 2. The van der Waals surface area contributed by atoms with Gasteiger partial charge in [0.05, 0.1) is 11.6 Å². The molecule has 3 fully saturated rings. The number of carbonyl (C=O) groups excluding carboxylic acids is 3. The Bertz CT molecular complexity index is 1080. The molecule has 7 heteroatoms. The fourth-order valence-corrected chi connectivity index (χ4v) is 5.80. The Kier molecular flexibility index (Phi) is 5.64. The molecule has 2 aromatic carbocycles. The molecule has 6 nitrogen and oxygen atoms in total. The zero-order valence-corrected chi connectivity index (χ0v) is 18.4. The predicted octanol–water partition coefficient (Wildman–Crippen LogP) is 3.28. The molecule has 1 saturated carbocycles. The highest BCUT2D eigenvalue weighted by molar-refractivity contribution is 6.00. The van der Waals surface area contributed by atoms with Gasteiger partial charge in [-0.1, -0.05) is 42.5 Å². The normalized spacial score (nSPS) is 29.4. The van der Waals surface area contributed by atoms with Crippen molar-refractivity contribution in [3.63, 3.8) is 0 Å². The van der Waals surface area contributed by atoms with E-state index in [1.54, 1.807) is 18.2 Å². The summed E-state index contributed by atoms with van der Waals surface area (Å²) in [4.78, 5) is 39.0. The van der Waals surface area contributed by atoms with Crippen molar-refractivity contribution in [2.24, 2.45) is 5.92 Å². The van der Waals surface area contributed by atoms with Crippen LogP contribution in [0.1, 0.15) is 50.0 Å². The molecule has 1 unspecified atom stereocenters. The molecule has 1 spiro atoms. The minimum atomic E-state index is -0.505. The third-order valence-electron chi connectivity index (χ3n) is 7.50. The summed E-state index contributed by atoms with van der Waals surface area (Å²) in [5.41, 5.74) is 1.13. The van der Waals surface area contributed by atoms with Crippen LogP contribution >= 0.6 is 0 Å². The van der Waals surface area contributed by atoms with Gasteiger partial charge in [-0.2, -0.15) is 0 Å². The molecule has 5 rings (SSSR count). The Morgan fingerprint density at radius 3 is 2.55 bits per heavy atom. The van der Waals surface area contributed by atoms with Gasteiger partial charge < -0.3 is 15.5 Å². The number of amides is 3. The fourth-order valence-electron chi connectivity index (χ4n) is 5.80. The lowest BCUT2D eigenvalue weighted by Gasteiger charge is -2.45. The number of nitrogens with zero attached hydrogens (tertiary/aromatic N) is 1. The predicted molar refractivity (Wildman–Crippen MR) is 122 cm³/mol. The average molecular weight is 450 g/mol. The van der Waals surface area contributed by atoms with Crippen LogP contribution in [0.2, 0.25) is 0 Å². The summed E-state index contributed by atoms with van der Waals surface area (Å²) < 4.78 is 14.2. The minimum Gasteiger partial charge on any atom is -0.353 e. The molecule has 2 N–H and O–H groups in total. The van der Waals surface area contributed by atoms with Crippen LogP contribution in [-0.2, 0) is 14.4 Å². The number of hydrogen-bond acceptors (Lipinski definition) is 3. The summed E-state index contributed by atoms with van der Waals surface area (Å²) in [7, 11) is 0. The number of rotatable bonds is 4. The van der Waals surface area contributed by atoms with E-state index in [-0.39, 0.29) is 53.9 Å². The molecule has 2 aliphatic heterocycles. The van der Waals surface area contributed by atoms with Gasteiger partial charge in [-0.3, -0.25) is 14.4 Å². The first kappa shape index (κ1) is 21.6. The van der Waals surface area contributed by atoms with Gasteiger partial charge in [0, 0.05) is 36.9 Å². The van der Waals surface area contributed by atoms with E-state index in [1.165, 1.54) is 16.5 Å². The van der Waals surface area contributed by atoms with Crippen LogP contribution in [0, 0.1) is 11.7 Å². The van der Waals surface area contributed by atoms with Crippen molar-refractivity contribution in [3.05, 3.63) is 66.0 Å². The third-order valence-corrected chi connectivity index (χ3v) is 7.50. The maximum absolute atomic E-state index is 14.2.